The van der Waals surface area contributed by atoms with Crippen LogP contribution in [0.1, 0.15) is 24.1 Å². The van der Waals surface area contributed by atoms with Gasteiger partial charge >= 0.3 is 0 Å². The number of carbonyl (C=O) groups excluding carboxylic acids is 1. The van der Waals surface area contributed by atoms with Crippen molar-refractivity contribution in [1.29, 1.82) is 0 Å². The number of thioether (sulfide) groups is 1. The first-order valence-corrected chi connectivity index (χ1v) is 10.4. The molecule has 0 aliphatic carbocycles. The highest BCUT2D eigenvalue weighted by molar-refractivity contribution is 8.14. The molecule has 2 aromatic carbocycles. The predicted octanol–water partition coefficient (Wildman–Crippen LogP) is 4.28. The Morgan fingerprint density at radius 2 is 1.84 bits per heavy atom. The molecule has 3 nitrogen and oxygen atoms in total. The maximum absolute atomic E-state index is 13.2. The van der Waals surface area contributed by atoms with Gasteiger partial charge in [-0.15, -0.1) is 0 Å². The fourth-order valence-electron chi connectivity index (χ4n) is 2.90. The average molecular weight is 372 g/mol. The molecule has 0 fully saturated rings. The third-order valence-corrected chi connectivity index (χ3v) is 6.38. The van der Waals surface area contributed by atoms with Gasteiger partial charge in [-0.25, -0.2) is 8.51 Å². The highest BCUT2D eigenvalue weighted by atomic mass is 32.2. The molecule has 0 spiro atoms. The van der Waals surface area contributed by atoms with Crippen molar-refractivity contribution in [2.45, 2.75) is 24.8 Å². The molecule has 2 aromatic rings. The number of rotatable bonds is 5. The monoisotopic (exact) mass is 371 g/mol. The van der Waals surface area contributed by atoms with Crippen LogP contribution in [0.5, 0.6) is 0 Å². The minimum atomic E-state index is -1.32. The van der Waals surface area contributed by atoms with Crippen molar-refractivity contribution in [3.8, 4) is 0 Å². The number of benzene rings is 2. The van der Waals surface area contributed by atoms with Crippen LogP contribution in [-0.4, -0.2) is 25.9 Å². The zero-order chi connectivity index (χ0) is 17.8. The molecule has 0 amide bonds. The molecule has 130 valence electrons. The van der Waals surface area contributed by atoms with Crippen molar-refractivity contribution < 1.29 is 9.00 Å². The molecule has 3 rings (SSSR count). The minimum absolute atomic E-state index is 0.0692. The zero-order valence-corrected chi connectivity index (χ0v) is 16.0. The molecule has 0 saturated carbocycles. The lowest BCUT2D eigenvalue weighted by Gasteiger charge is -2.26. The molecule has 0 bridgehead atoms. The van der Waals surface area contributed by atoms with Gasteiger partial charge in [0.1, 0.15) is 11.0 Å². The molecule has 0 N–H and O–H groups in total. The summed E-state index contributed by atoms with van der Waals surface area (Å²) in [4.78, 5) is 13.3. The summed E-state index contributed by atoms with van der Waals surface area (Å²) >= 11 is 1.31. The Labute approximate surface area is 155 Å². The second-order valence-corrected chi connectivity index (χ2v) is 8.53. The third kappa shape index (κ3) is 3.94. The van der Waals surface area contributed by atoms with Crippen molar-refractivity contribution in [3.63, 3.8) is 0 Å². The van der Waals surface area contributed by atoms with E-state index in [1.54, 1.807) is 0 Å². The molecule has 2 unspecified atom stereocenters. The SMILES string of the molecule is CCSC(=O)C1=CCN(S(=O)c2ccc(C)cc2)C1c1ccccc1. The van der Waals surface area contributed by atoms with E-state index in [0.717, 1.165) is 27.3 Å². The summed E-state index contributed by atoms with van der Waals surface area (Å²) < 4.78 is 15.0. The molecule has 0 aromatic heterocycles. The number of hydrogen-bond donors (Lipinski definition) is 0. The summed E-state index contributed by atoms with van der Waals surface area (Å²) in [6.45, 7) is 4.48. The maximum Gasteiger partial charge on any atom is 0.217 e. The number of hydrogen-bond acceptors (Lipinski definition) is 3. The Bertz CT molecular complexity index is 800. The van der Waals surface area contributed by atoms with Crippen LogP contribution < -0.4 is 0 Å². The summed E-state index contributed by atoms with van der Waals surface area (Å²) in [5.41, 5.74) is 2.87. The number of nitrogens with zero attached hydrogens (tertiary/aromatic N) is 1. The van der Waals surface area contributed by atoms with Crippen LogP contribution in [0, 0.1) is 6.92 Å². The average Bonchev–Trinajstić information content (AvgIpc) is 3.08. The van der Waals surface area contributed by atoms with Crippen LogP contribution in [0.3, 0.4) is 0 Å². The van der Waals surface area contributed by atoms with Gasteiger partial charge in [0.05, 0.1) is 10.9 Å². The molecular formula is C20H21NO2S2. The summed E-state index contributed by atoms with van der Waals surface area (Å²) in [7, 11) is -1.32. The van der Waals surface area contributed by atoms with Crippen LogP contribution >= 0.6 is 11.8 Å². The van der Waals surface area contributed by atoms with Crippen molar-refractivity contribution in [1.82, 2.24) is 4.31 Å². The van der Waals surface area contributed by atoms with Gasteiger partial charge in [-0.05, 0) is 30.4 Å². The molecule has 5 heteroatoms. The van der Waals surface area contributed by atoms with Crippen LogP contribution in [0.15, 0.2) is 71.1 Å². The van der Waals surface area contributed by atoms with Gasteiger partial charge in [-0.2, -0.15) is 0 Å². The van der Waals surface area contributed by atoms with Gasteiger partial charge in [0.2, 0.25) is 5.12 Å². The second kappa shape index (κ2) is 8.13. The van der Waals surface area contributed by atoms with Crippen molar-refractivity contribution in [2.75, 3.05) is 12.3 Å². The van der Waals surface area contributed by atoms with Gasteiger partial charge in [-0.1, -0.05) is 72.8 Å². The van der Waals surface area contributed by atoms with Gasteiger partial charge in [0.25, 0.3) is 0 Å². The molecule has 1 heterocycles. The smallest absolute Gasteiger partial charge is 0.217 e. The molecule has 1 aliphatic rings. The van der Waals surface area contributed by atoms with Gasteiger partial charge in [0.15, 0.2) is 0 Å². The standard InChI is InChI=1S/C20H21NO2S2/c1-3-24-20(22)18-13-14-21(19(18)16-7-5-4-6-8-16)25(23)17-11-9-15(2)10-12-17/h4-13,19H,3,14H2,1-2H3. The van der Waals surface area contributed by atoms with Gasteiger partial charge < -0.3 is 0 Å². The normalized spacial score (nSPS) is 18.8. The fourth-order valence-corrected chi connectivity index (χ4v) is 4.80. The maximum atomic E-state index is 13.2. The van der Waals surface area contributed by atoms with E-state index in [9.17, 15) is 9.00 Å². The van der Waals surface area contributed by atoms with E-state index in [1.165, 1.54) is 11.8 Å². The molecule has 25 heavy (non-hydrogen) atoms. The van der Waals surface area contributed by atoms with E-state index in [-0.39, 0.29) is 11.2 Å². The quantitative estimate of drug-likeness (QED) is 0.787. The highest BCUT2D eigenvalue weighted by Gasteiger charge is 2.36. The molecule has 1 aliphatic heterocycles. The minimum Gasteiger partial charge on any atom is -0.282 e. The first-order chi connectivity index (χ1) is 12.1. The van der Waals surface area contributed by atoms with Crippen molar-refractivity contribution >= 4 is 27.9 Å². The van der Waals surface area contributed by atoms with Crippen molar-refractivity contribution in [2.24, 2.45) is 0 Å². The molecule has 0 saturated heterocycles. The van der Waals surface area contributed by atoms with Crippen LogP contribution in [0.25, 0.3) is 0 Å². The van der Waals surface area contributed by atoms with E-state index in [2.05, 4.69) is 0 Å². The Hall–Kier alpha value is -1.69. The molecule has 2 atom stereocenters. The Morgan fingerprint density at radius 1 is 1.16 bits per heavy atom. The Morgan fingerprint density at radius 3 is 2.48 bits per heavy atom. The van der Waals surface area contributed by atoms with E-state index < -0.39 is 11.0 Å². The summed E-state index contributed by atoms with van der Waals surface area (Å²) in [5.74, 6) is 0.735. The van der Waals surface area contributed by atoms with Gasteiger partial charge in [-0.3, -0.25) is 4.79 Å². The molecule has 0 radical (unpaired) electrons. The first kappa shape index (κ1) is 18.1. The zero-order valence-electron chi connectivity index (χ0n) is 14.3. The largest absolute Gasteiger partial charge is 0.282 e. The first-order valence-electron chi connectivity index (χ1n) is 8.29. The highest BCUT2D eigenvalue weighted by Crippen LogP contribution is 2.38. The number of carbonyl (C=O) groups is 1. The third-order valence-electron chi connectivity index (χ3n) is 4.14. The van der Waals surface area contributed by atoms with Crippen molar-refractivity contribution in [3.05, 3.63) is 77.4 Å². The lowest BCUT2D eigenvalue weighted by molar-refractivity contribution is -0.108. The summed E-state index contributed by atoms with van der Waals surface area (Å²) in [6.07, 6.45) is 1.93. The predicted molar refractivity (Wildman–Crippen MR) is 105 cm³/mol. The topological polar surface area (TPSA) is 37.4 Å². The molecular weight excluding hydrogens is 350 g/mol. The summed E-state index contributed by atoms with van der Waals surface area (Å²) in [6, 6.07) is 17.3. The van der Waals surface area contributed by atoms with E-state index >= 15 is 0 Å². The lowest BCUT2D eigenvalue weighted by Crippen LogP contribution is -2.28. The number of aryl methyl sites for hydroxylation is 1. The van der Waals surface area contributed by atoms with Crippen LogP contribution in [0.2, 0.25) is 0 Å². The Kier molecular flexibility index (Phi) is 5.89. The van der Waals surface area contributed by atoms with E-state index in [1.807, 2.05) is 78.8 Å². The van der Waals surface area contributed by atoms with Gasteiger partial charge in [0, 0.05) is 12.1 Å². The fraction of sp³-hybridized carbons (Fsp3) is 0.250. The van der Waals surface area contributed by atoms with Crippen LogP contribution in [-0.2, 0) is 15.8 Å². The lowest BCUT2D eigenvalue weighted by atomic mass is 10.0. The van der Waals surface area contributed by atoms with E-state index in [4.69, 9.17) is 0 Å². The summed E-state index contributed by atoms with van der Waals surface area (Å²) in [5, 5.41) is 0.0692. The van der Waals surface area contributed by atoms with E-state index in [0.29, 0.717) is 6.54 Å². The second-order valence-electron chi connectivity index (χ2n) is 5.86. The Balaban J connectivity index is 1.94. The van der Waals surface area contributed by atoms with Crippen LogP contribution in [0.4, 0.5) is 0 Å².